The Morgan fingerprint density at radius 3 is 2.55 bits per heavy atom. The number of thiazole rings is 1. The molecule has 8 nitrogen and oxygen atoms in total. The van der Waals surface area contributed by atoms with E-state index in [9.17, 15) is 19.5 Å². The molecule has 0 spiro atoms. The van der Waals surface area contributed by atoms with Gasteiger partial charge in [-0.1, -0.05) is 67.6 Å². The minimum atomic E-state index is -0.982. The largest absolute Gasteiger partial charge is 0.507 e. The summed E-state index contributed by atoms with van der Waals surface area (Å²) in [5.41, 5.74) is 1.29. The zero-order valence-electron chi connectivity index (χ0n) is 21.8. The fourth-order valence-corrected chi connectivity index (χ4v) is 5.14. The number of esters is 1. The van der Waals surface area contributed by atoms with Gasteiger partial charge in [-0.05, 0) is 43.9 Å². The summed E-state index contributed by atoms with van der Waals surface area (Å²) < 4.78 is 11.1. The van der Waals surface area contributed by atoms with Crippen molar-refractivity contribution in [1.29, 1.82) is 0 Å². The highest BCUT2D eigenvalue weighted by molar-refractivity contribution is 7.17. The van der Waals surface area contributed by atoms with Crippen LogP contribution in [0.3, 0.4) is 0 Å². The summed E-state index contributed by atoms with van der Waals surface area (Å²) in [5.74, 6) is -1.47. The van der Waals surface area contributed by atoms with E-state index < -0.39 is 23.7 Å². The van der Waals surface area contributed by atoms with Crippen molar-refractivity contribution in [2.45, 2.75) is 40.2 Å². The molecule has 1 atom stereocenters. The van der Waals surface area contributed by atoms with Crippen molar-refractivity contribution >= 4 is 39.9 Å². The smallest absolute Gasteiger partial charge is 0.350 e. The molecule has 1 saturated heterocycles. The third kappa shape index (κ3) is 5.47. The highest BCUT2D eigenvalue weighted by Crippen LogP contribution is 2.44. The van der Waals surface area contributed by atoms with Crippen LogP contribution in [-0.4, -0.2) is 41.0 Å². The Labute approximate surface area is 225 Å². The molecule has 1 amide bonds. The van der Waals surface area contributed by atoms with Gasteiger partial charge >= 0.3 is 11.9 Å². The number of anilines is 1. The van der Waals surface area contributed by atoms with Crippen molar-refractivity contribution in [3.05, 3.63) is 81.9 Å². The number of hydrogen-bond donors (Lipinski definition) is 1. The zero-order valence-corrected chi connectivity index (χ0v) is 22.6. The molecule has 1 aromatic heterocycles. The zero-order chi connectivity index (χ0) is 27.4. The number of carbonyl (C=O) groups excluding carboxylic acids is 3. The molecule has 1 N–H and O–H groups in total. The van der Waals surface area contributed by atoms with E-state index in [2.05, 4.69) is 18.8 Å². The number of hydrogen-bond acceptors (Lipinski definition) is 8. The van der Waals surface area contributed by atoms with Crippen molar-refractivity contribution in [2.75, 3.05) is 18.1 Å². The van der Waals surface area contributed by atoms with Gasteiger partial charge in [-0.3, -0.25) is 14.5 Å². The molecule has 0 aliphatic carbocycles. The third-order valence-corrected chi connectivity index (χ3v) is 7.22. The van der Waals surface area contributed by atoms with Crippen LogP contribution in [0, 0.1) is 12.8 Å². The number of aryl methyl sites for hydroxylation is 1. The summed E-state index contributed by atoms with van der Waals surface area (Å²) in [4.78, 5) is 45.2. The van der Waals surface area contributed by atoms with E-state index in [0.717, 1.165) is 17.8 Å². The molecular weight excluding hydrogens is 504 g/mol. The molecule has 198 valence electrons. The number of ether oxygens (including phenoxy) is 2. The lowest BCUT2D eigenvalue weighted by Gasteiger charge is -2.23. The Morgan fingerprint density at radius 2 is 1.87 bits per heavy atom. The summed E-state index contributed by atoms with van der Waals surface area (Å²) in [6.07, 6.45) is 0.867. The number of amides is 1. The Balaban J connectivity index is 1.85. The number of aliphatic hydroxyl groups is 1. The van der Waals surface area contributed by atoms with Crippen LogP contribution in [0.25, 0.3) is 5.76 Å². The van der Waals surface area contributed by atoms with Gasteiger partial charge in [0.2, 0.25) is 0 Å². The van der Waals surface area contributed by atoms with E-state index >= 15 is 0 Å². The van der Waals surface area contributed by atoms with Crippen molar-refractivity contribution in [3.8, 4) is 5.75 Å². The highest BCUT2D eigenvalue weighted by Gasteiger charge is 2.48. The van der Waals surface area contributed by atoms with E-state index in [4.69, 9.17) is 9.47 Å². The molecule has 1 aliphatic rings. The maximum Gasteiger partial charge on any atom is 0.350 e. The second-order valence-electron chi connectivity index (χ2n) is 9.27. The average Bonchev–Trinajstić information content (AvgIpc) is 3.41. The second kappa shape index (κ2) is 11.6. The standard InChI is InChI=1S/C29H30N2O6S/c1-5-36-28(35)26-18(4)30-29(38-26)31-23(20-12-9-13-21(16-20)37-15-14-17(2)3)22(25(33)27(31)34)24(32)19-10-7-6-8-11-19/h6-13,16-17,23,32H,5,14-15H2,1-4H3/b24-22+. The number of aromatic nitrogens is 1. The first-order chi connectivity index (χ1) is 18.2. The van der Waals surface area contributed by atoms with Crippen molar-refractivity contribution in [1.82, 2.24) is 4.98 Å². The lowest BCUT2D eigenvalue weighted by Crippen LogP contribution is -2.29. The van der Waals surface area contributed by atoms with Gasteiger partial charge in [0.15, 0.2) is 5.13 Å². The lowest BCUT2D eigenvalue weighted by atomic mass is 9.95. The Kier molecular flexibility index (Phi) is 8.26. The predicted molar refractivity (Wildman–Crippen MR) is 145 cm³/mol. The van der Waals surface area contributed by atoms with E-state index in [-0.39, 0.29) is 27.9 Å². The lowest BCUT2D eigenvalue weighted by molar-refractivity contribution is -0.132. The van der Waals surface area contributed by atoms with Gasteiger partial charge in [0.1, 0.15) is 16.4 Å². The van der Waals surface area contributed by atoms with Crippen LogP contribution in [0.1, 0.15) is 59.7 Å². The van der Waals surface area contributed by atoms with Crippen LogP contribution >= 0.6 is 11.3 Å². The minimum Gasteiger partial charge on any atom is -0.507 e. The predicted octanol–water partition coefficient (Wildman–Crippen LogP) is 5.68. The Bertz CT molecular complexity index is 1380. The first-order valence-corrected chi connectivity index (χ1v) is 13.3. The molecule has 1 aliphatic heterocycles. The first kappa shape index (κ1) is 27.1. The van der Waals surface area contributed by atoms with Crippen molar-refractivity contribution < 1.29 is 29.0 Å². The van der Waals surface area contributed by atoms with Gasteiger partial charge in [0.25, 0.3) is 5.78 Å². The third-order valence-electron chi connectivity index (χ3n) is 6.08. The quantitative estimate of drug-likeness (QED) is 0.163. The minimum absolute atomic E-state index is 0.0638. The number of nitrogens with zero attached hydrogens (tertiary/aromatic N) is 2. The highest BCUT2D eigenvalue weighted by atomic mass is 32.1. The molecule has 0 saturated carbocycles. The number of ketones is 1. The van der Waals surface area contributed by atoms with E-state index in [1.54, 1.807) is 68.4 Å². The maximum absolute atomic E-state index is 13.4. The number of benzene rings is 2. The summed E-state index contributed by atoms with van der Waals surface area (Å²) in [6, 6.07) is 14.7. The van der Waals surface area contributed by atoms with Gasteiger partial charge in [0.05, 0.1) is 30.5 Å². The normalized spacial score (nSPS) is 16.8. The van der Waals surface area contributed by atoms with Crippen LogP contribution in [0.4, 0.5) is 5.13 Å². The van der Waals surface area contributed by atoms with Crippen LogP contribution in [-0.2, 0) is 14.3 Å². The molecule has 0 bridgehead atoms. The van der Waals surface area contributed by atoms with Crippen molar-refractivity contribution in [2.24, 2.45) is 5.92 Å². The molecular formula is C29H30N2O6S. The number of carbonyl (C=O) groups is 3. The number of aliphatic hydroxyl groups excluding tert-OH is 1. The maximum atomic E-state index is 13.4. The molecule has 2 aromatic carbocycles. The summed E-state index contributed by atoms with van der Waals surface area (Å²) in [5, 5.41) is 11.4. The van der Waals surface area contributed by atoms with E-state index in [0.29, 0.717) is 35.1 Å². The van der Waals surface area contributed by atoms with Gasteiger partial charge in [-0.25, -0.2) is 9.78 Å². The summed E-state index contributed by atoms with van der Waals surface area (Å²) in [7, 11) is 0. The average molecular weight is 535 g/mol. The fourth-order valence-electron chi connectivity index (χ4n) is 4.15. The molecule has 2 heterocycles. The number of rotatable bonds is 9. The van der Waals surface area contributed by atoms with Gasteiger partial charge in [-0.15, -0.1) is 0 Å². The monoisotopic (exact) mass is 534 g/mol. The van der Waals surface area contributed by atoms with Crippen molar-refractivity contribution in [3.63, 3.8) is 0 Å². The topological polar surface area (TPSA) is 106 Å². The number of Topliss-reactive ketones (excluding diaryl/α,β-unsaturated/α-hetero) is 1. The van der Waals surface area contributed by atoms with Crippen LogP contribution < -0.4 is 9.64 Å². The van der Waals surface area contributed by atoms with Crippen LogP contribution in [0.2, 0.25) is 0 Å². The summed E-state index contributed by atoms with van der Waals surface area (Å²) in [6.45, 7) is 8.27. The van der Waals surface area contributed by atoms with Gasteiger partial charge < -0.3 is 14.6 Å². The van der Waals surface area contributed by atoms with E-state index in [1.807, 2.05) is 0 Å². The molecule has 9 heteroatoms. The molecule has 0 radical (unpaired) electrons. The molecule has 3 aromatic rings. The van der Waals surface area contributed by atoms with Gasteiger partial charge in [-0.2, -0.15) is 0 Å². The van der Waals surface area contributed by atoms with Crippen LogP contribution in [0.5, 0.6) is 5.75 Å². The molecule has 1 fully saturated rings. The van der Waals surface area contributed by atoms with Crippen LogP contribution in [0.15, 0.2) is 60.2 Å². The van der Waals surface area contributed by atoms with E-state index in [1.165, 1.54) is 4.90 Å². The SMILES string of the molecule is CCOC(=O)c1sc(N2C(=O)C(=O)/C(=C(/O)c3ccccc3)C2c2cccc(OCCC(C)C)c2)nc1C. The Morgan fingerprint density at radius 1 is 1.13 bits per heavy atom. The Hall–Kier alpha value is -3.98. The van der Waals surface area contributed by atoms with Gasteiger partial charge in [0, 0.05) is 5.56 Å². The molecule has 38 heavy (non-hydrogen) atoms. The second-order valence-corrected chi connectivity index (χ2v) is 10.2. The first-order valence-electron chi connectivity index (χ1n) is 12.5. The molecule has 1 unspecified atom stereocenters. The molecule has 4 rings (SSSR count). The fraction of sp³-hybridized carbons (Fsp3) is 0.310. The summed E-state index contributed by atoms with van der Waals surface area (Å²) >= 11 is 0.972.